The molecule has 2 unspecified atom stereocenters. The molecule has 0 aliphatic rings. The second kappa shape index (κ2) is 7.11. The molecule has 120 valence electrons. The molecule has 0 bridgehead atoms. The van der Waals surface area contributed by atoms with Crippen molar-refractivity contribution in [3.8, 4) is 5.75 Å². The van der Waals surface area contributed by atoms with Crippen molar-refractivity contribution in [3.05, 3.63) is 41.9 Å². The summed E-state index contributed by atoms with van der Waals surface area (Å²) in [6, 6.07) is 7.05. The molecule has 0 radical (unpaired) electrons. The Morgan fingerprint density at radius 1 is 1.27 bits per heavy atom. The Hall–Kier alpha value is -1.59. The van der Waals surface area contributed by atoms with Crippen molar-refractivity contribution >= 4 is 11.6 Å². The number of hydrogen-bond acceptors (Lipinski definition) is 4. The van der Waals surface area contributed by atoms with Gasteiger partial charge < -0.3 is 9.84 Å². The first-order valence-electron chi connectivity index (χ1n) is 7.44. The molecule has 0 aliphatic heterocycles. The number of hydrogen-bond donors (Lipinski definition) is 1. The molecule has 22 heavy (non-hydrogen) atoms. The smallest absolute Gasteiger partial charge is 0.219 e. The standard InChI is InChI=1S/C16H22ClN3O2/c1-4-16(3,5-2)14(21)15(20-11-18-10-19-20)22-13-8-6-12(17)7-9-13/h6-11,14-15,21H,4-5H2,1-3H3. The first-order valence-corrected chi connectivity index (χ1v) is 7.82. The maximum absolute atomic E-state index is 10.9. The van der Waals surface area contributed by atoms with Crippen molar-refractivity contribution in [1.29, 1.82) is 0 Å². The van der Waals surface area contributed by atoms with E-state index in [9.17, 15) is 5.11 Å². The summed E-state index contributed by atoms with van der Waals surface area (Å²) < 4.78 is 7.52. The first kappa shape index (κ1) is 16.8. The second-order valence-corrected chi connectivity index (χ2v) is 6.08. The van der Waals surface area contributed by atoms with Gasteiger partial charge in [-0.3, -0.25) is 0 Å². The molecule has 0 fully saturated rings. The summed E-state index contributed by atoms with van der Waals surface area (Å²) in [5.41, 5.74) is -0.275. The minimum Gasteiger partial charge on any atom is -0.466 e. The molecule has 1 N–H and O–H groups in total. The second-order valence-electron chi connectivity index (χ2n) is 5.64. The fourth-order valence-electron chi connectivity index (χ4n) is 2.28. The van der Waals surface area contributed by atoms with E-state index < -0.39 is 12.3 Å². The normalized spacial score (nSPS) is 14.6. The van der Waals surface area contributed by atoms with E-state index in [2.05, 4.69) is 23.9 Å². The van der Waals surface area contributed by atoms with E-state index in [1.165, 1.54) is 6.33 Å². The molecule has 6 heteroatoms. The van der Waals surface area contributed by atoms with Crippen LogP contribution in [-0.4, -0.2) is 26.0 Å². The Kier molecular flexibility index (Phi) is 5.42. The molecular formula is C16H22ClN3O2. The van der Waals surface area contributed by atoms with Crippen molar-refractivity contribution in [2.45, 2.75) is 45.9 Å². The van der Waals surface area contributed by atoms with Crippen molar-refractivity contribution in [2.24, 2.45) is 5.41 Å². The third-order valence-corrected chi connectivity index (χ3v) is 4.62. The lowest BCUT2D eigenvalue weighted by molar-refractivity contribution is -0.0885. The number of benzene rings is 1. The number of aliphatic hydroxyl groups is 1. The van der Waals surface area contributed by atoms with Gasteiger partial charge in [0.1, 0.15) is 24.5 Å². The van der Waals surface area contributed by atoms with E-state index >= 15 is 0 Å². The van der Waals surface area contributed by atoms with Gasteiger partial charge in [-0.15, -0.1) is 0 Å². The lowest BCUT2D eigenvalue weighted by Gasteiger charge is -2.37. The highest BCUT2D eigenvalue weighted by molar-refractivity contribution is 6.30. The summed E-state index contributed by atoms with van der Waals surface area (Å²) in [4.78, 5) is 3.95. The summed E-state index contributed by atoms with van der Waals surface area (Å²) >= 11 is 5.90. The minimum atomic E-state index is -0.722. The van der Waals surface area contributed by atoms with Gasteiger partial charge in [-0.2, -0.15) is 5.10 Å². The fraction of sp³-hybridized carbons (Fsp3) is 0.500. The lowest BCUT2D eigenvalue weighted by atomic mass is 9.78. The molecule has 0 amide bonds. The van der Waals surface area contributed by atoms with Crippen LogP contribution in [0, 0.1) is 5.41 Å². The van der Waals surface area contributed by atoms with E-state index in [0.717, 1.165) is 12.8 Å². The molecule has 2 atom stereocenters. The van der Waals surface area contributed by atoms with Crippen LogP contribution in [0.4, 0.5) is 0 Å². The van der Waals surface area contributed by atoms with Crippen molar-refractivity contribution in [3.63, 3.8) is 0 Å². The monoisotopic (exact) mass is 323 g/mol. The number of aromatic nitrogens is 3. The van der Waals surface area contributed by atoms with E-state index in [4.69, 9.17) is 16.3 Å². The fourth-order valence-corrected chi connectivity index (χ4v) is 2.40. The Bertz CT molecular complexity index is 568. The van der Waals surface area contributed by atoms with Crippen molar-refractivity contribution in [2.75, 3.05) is 0 Å². The van der Waals surface area contributed by atoms with Gasteiger partial charge in [-0.05, 0) is 42.5 Å². The molecule has 0 spiro atoms. The minimum absolute atomic E-state index is 0.275. The molecule has 0 saturated carbocycles. The maximum Gasteiger partial charge on any atom is 0.219 e. The predicted octanol–water partition coefficient (Wildman–Crippen LogP) is 3.70. The van der Waals surface area contributed by atoms with Gasteiger partial charge in [0, 0.05) is 5.02 Å². The number of halogens is 1. The zero-order valence-electron chi connectivity index (χ0n) is 13.1. The summed E-state index contributed by atoms with van der Waals surface area (Å²) in [7, 11) is 0. The highest BCUT2D eigenvalue weighted by atomic mass is 35.5. The number of aliphatic hydroxyl groups excluding tert-OH is 1. The van der Waals surface area contributed by atoms with E-state index in [1.54, 1.807) is 35.3 Å². The van der Waals surface area contributed by atoms with Crippen LogP contribution in [-0.2, 0) is 0 Å². The van der Waals surface area contributed by atoms with Gasteiger partial charge >= 0.3 is 0 Å². The van der Waals surface area contributed by atoms with Crippen LogP contribution in [0.2, 0.25) is 5.02 Å². The summed E-state index contributed by atoms with van der Waals surface area (Å²) in [5, 5.41) is 15.6. The largest absolute Gasteiger partial charge is 0.466 e. The zero-order valence-corrected chi connectivity index (χ0v) is 13.9. The Morgan fingerprint density at radius 3 is 2.41 bits per heavy atom. The average molecular weight is 324 g/mol. The molecule has 1 heterocycles. The summed E-state index contributed by atoms with van der Waals surface area (Å²) in [6.07, 6.45) is 3.28. The predicted molar refractivity (Wildman–Crippen MR) is 85.8 cm³/mol. The van der Waals surface area contributed by atoms with E-state index in [0.29, 0.717) is 10.8 Å². The van der Waals surface area contributed by atoms with Crippen LogP contribution in [0.1, 0.15) is 39.8 Å². The average Bonchev–Trinajstić information content (AvgIpc) is 3.07. The molecule has 0 aliphatic carbocycles. The van der Waals surface area contributed by atoms with Crippen molar-refractivity contribution < 1.29 is 9.84 Å². The SMILES string of the molecule is CCC(C)(CC)C(O)C(Oc1ccc(Cl)cc1)n1cncn1. The molecule has 1 aromatic carbocycles. The summed E-state index contributed by atoms with van der Waals surface area (Å²) in [5.74, 6) is 0.624. The number of ether oxygens (including phenoxy) is 1. The van der Waals surface area contributed by atoms with Crippen LogP contribution in [0.5, 0.6) is 5.75 Å². The maximum atomic E-state index is 10.9. The highest BCUT2D eigenvalue weighted by Gasteiger charge is 2.38. The quantitative estimate of drug-likeness (QED) is 0.844. The van der Waals surface area contributed by atoms with Gasteiger partial charge in [-0.1, -0.05) is 32.4 Å². The van der Waals surface area contributed by atoms with Gasteiger partial charge in [-0.25, -0.2) is 9.67 Å². The Balaban J connectivity index is 2.29. The Labute approximate surface area is 135 Å². The number of rotatable bonds is 7. The number of nitrogens with zero attached hydrogens (tertiary/aromatic N) is 3. The zero-order chi connectivity index (χ0) is 16.2. The van der Waals surface area contributed by atoms with Crippen LogP contribution in [0.3, 0.4) is 0 Å². The van der Waals surface area contributed by atoms with Gasteiger partial charge in [0.25, 0.3) is 0 Å². The molecule has 1 aromatic heterocycles. The van der Waals surface area contributed by atoms with Crippen LogP contribution in [0.15, 0.2) is 36.9 Å². The topological polar surface area (TPSA) is 60.2 Å². The van der Waals surface area contributed by atoms with Crippen molar-refractivity contribution in [1.82, 2.24) is 14.8 Å². The molecule has 0 saturated heterocycles. The Morgan fingerprint density at radius 2 is 1.91 bits per heavy atom. The third-order valence-electron chi connectivity index (χ3n) is 4.37. The van der Waals surface area contributed by atoms with E-state index in [1.807, 2.05) is 6.92 Å². The lowest BCUT2D eigenvalue weighted by Crippen LogP contribution is -2.41. The molecule has 5 nitrogen and oxygen atoms in total. The molecular weight excluding hydrogens is 302 g/mol. The third kappa shape index (κ3) is 3.59. The van der Waals surface area contributed by atoms with Crippen LogP contribution >= 0.6 is 11.6 Å². The van der Waals surface area contributed by atoms with E-state index in [-0.39, 0.29) is 5.41 Å². The van der Waals surface area contributed by atoms with Gasteiger partial charge in [0.15, 0.2) is 0 Å². The van der Waals surface area contributed by atoms with Gasteiger partial charge in [0.05, 0.1) is 0 Å². The van der Waals surface area contributed by atoms with Crippen LogP contribution < -0.4 is 4.74 Å². The van der Waals surface area contributed by atoms with Gasteiger partial charge in [0.2, 0.25) is 6.23 Å². The molecule has 2 aromatic rings. The summed E-state index contributed by atoms with van der Waals surface area (Å²) in [6.45, 7) is 6.17. The molecule has 2 rings (SSSR count). The highest BCUT2D eigenvalue weighted by Crippen LogP contribution is 2.36. The van der Waals surface area contributed by atoms with Crippen LogP contribution in [0.25, 0.3) is 0 Å². The first-order chi connectivity index (χ1) is 10.5.